The van der Waals surface area contributed by atoms with E-state index < -0.39 is 19.3 Å². The van der Waals surface area contributed by atoms with Crippen LogP contribution in [0.5, 0.6) is 0 Å². The Morgan fingerprint density at radius 2 is 2.05 bits per heavy atom. The lowest BCUT2D eigenvalue weighted by molar-refractivity contribution is -0.120. The van der Waals surface area contributed by atoms with E-state index in [0.29, 0.717) is 12.2 Å². The summed E-state index contributed by atoms with van der Waals surface area (Å²) in [4.78, 5) is 8.95. The quantitative estimate of drug-likeness (QED) is 0.822. The third-order valence-corrected chi connectivity index (χ3v) is 2.32. The molecule has 0 spiro atoms. The summed E-state index contributed by atoms with van der Waals surface area (Å²) >= 11 is 0. The minimum absolute atomic E-state index is 0.0855. The van der Waals surface area contributed by atoms with Crippen LogP contribution in [0.3, 0.4) is 0 Å². The molecule has 8 heteroatoms. The van der Waals surface area contributed by atoms with Crippen LogP contribution in [-0.4, -0.2) is 40.9 Å². The smallest absolute Gasteiger partial charge is 0.395 e. The van der Waals surface area contributed by atoms with Crippen molar-refractivity contribution >= 4 is 11.6 Å². The van der Waals surface area contributed by atoms with Crippen LogP contribution in [0, 0.1) is 0 Å². The molecule has 0 fully saturated rings. The summed E-state index contributed by atoms with van der Waals surface area (Å²) in [6.07, 6.45) is -3.07. The number of rotatable bonds is 6. The largest absolute Gasteiger partial charge is 0.405 e. The molecule has 1 heterocycles. The molecule has 0 atom stereocenters. The molecule has 0 saturated carbocycles. The van der Waals surface area contributed by atoms with Crippen LogP contribution >= 0.6 is 0 Å². The first-order valence-corrected chi connectivity index (χ1v) is 5.91. The van der Waals surface area contributed by atoms with Crippen LogP contribution in [0.2, 0.25) is 0 Å². The van der Waals surface area contributed by atoms with Gasteiger partial charge < -0.3 is 15.7 Å². The van der Waals surface area contributed by atoms with Gasteiger partial charge in [-0.1, -0.05) is 6.92 Å². The molecule has 108 valence electrons. The first-order valence-electron chi connectivity index (χ1n) is 5.91. The van der Waals surface area contributed by atoms with Crippen LogP contribution in [-0.2, 0) is 6.42 Å². The summed E-state index contributed by atoms with van der Waals surface area (Å²) in [6, 6.07) is 1.28. The highest BCUT2D eigenvalue weighted by Gasteiger charge is 2.31. The minimum Gasteiger partial charge on any atom is -0.395 e. The van der Waals surface area contributed by atoms with Gasteiger partial charge in [0.15, 0.2) is 0 Å². The molecule has 0 aliphatic rings. The van der Waals surface area contributed by atoms with Gasteiger partial charge in [-0.25, -0.2) is 9.97 Å². The van der Waals surface area contributed by atoms with Crippen LogP contribution < -0.4 is 10.6 Å². The lowest BCUT2D eigenvalue weighted by Crippen LogP contribution is -2.37. The number of halogens is 3. The Morgan fingerprint density at radius 1 is 1.37 bits per heavy atom. The SMILES string of the molecule is CCCc1nc(N)cc(N(CCO)CC(F)(F)F)n1. The number of aliphatic hydroxyl groups is 1. The van der Waals surface area contributed by atoms with E-state index in [1.165, 1.54) is 6.07 Å². The number of hydrogen-bond donors (Lipinski definition) is 2. The molecule has 3 N–H and O–H groups in total. The van der Waals surface area contributed by atoms with Crippen molar-refractivity contribution < 1.29 is 18.3 Å². The van der Waals surface area contributed by atoms with Gasteiger partial charge in [-0.05, 0) is 6.42 Å². The Balaban J connectivity index is 3.00. The maximum absolute atomic E-state index is 12.5. The van der Waals surface area contributed by atoms with E-state index in [2.05, 4.69) is 9.97 Å². The summed E-state index contributed by atoms with van der Waals surface area (Å²) in [5.41, 5.74) is 5.57. The summed E-state index contributed by atoms with van der Waals surface area (Å²) in [5.74, 6) is 0.614. The van der Waals surface area contributed by atoms with Crippen molar-refractivity contribution in [2.45, 2.75) is 25.9 Å². The van der Waals surface area contributed by atoms with Gasteiger partial charge in [0.1, 0.15) is 24.0 Å². The van der Waals surface area contributed by atoms with Crippen molar-refractivity contribution in [3.05, 3.63) is 11.9 Å². The molecule has 0 unspecified atom stereocenters. The van der Waals surface area contributed by atoms with Gasteiger partial charge in [-0.3, -0.25) is 0 Å². The normalized spacial score (nSPS) is 11.6. The molecule has 0 amide bonds. The van der Waals surface area contributed by atoms with E-state index in [-0.39, 0.29) is 18.2 Å². The van der Waals surface area contributed by atoms with E-state index in [4.69, 9.17) is 10.8 Å². The summed E-state index contributed by atoms with van der Waals surface area (Å²) in [6.45, 7) is 0.160. The average molecular weight is 278 g/mol. The second-order valence-corrected chi connectivity index (χ2v) is 4.08. The number of alkyl halides is 3. The number of nitrogens with two attached hydrogens (primary N) is 1. The lowest BCUT2D eigenvalue weighted by Gasteiger charge is -2.24. The molecule has 0 bridgehead atoms. The lowest BCUT2D eigenvalue weighted by atomic mass is 10.3. The van der Waals surface area contributed by atoms with Gasteiger partial charge in [0, 0.05) is 19.0 Å². The molecule has 0 aliphatic heterocycles. The number of aliphatic hydroxyl groups excluding tert-OH is 1. The van der Waals surface area contributed by atoms with Crippen LogP contribution in [0.15, 0.2) is 6.07 Å². The number of nitrogen functional groups attached to an aromatic ring is 1. The predicted molar refractivity (Wildman–Crippen MR) is 65.8 cm³/mol. The van der Waals surface area contributed by atoms with Crippen LogP contribution in [0.25, 0.3) is 0 Å². The predicted octanol–water partition coefficient (Wildman–Crippen LogP) is 1.37. The molecule has 0 aromatic carbocycles. The number of aryl methyl sites for hydroxylation is 1. The van der Waals surface area contributed by atoms with E-state index in [9.17, 15) is 13.2 Å². The van der Waals surface area contributed by atoms with Gasteiger partial charge in [0.2, 0.25) is 0 Å². The third-order valence-electron chi connectivity index (χ3n) is 2.32. The van der Waals surface area contributed by atoms with Gasteiger partial charge in [0.05, 0.1) is 6.61 Å². The van der Waals surface area contributed by atoms with Crippen molar-refractivity contribution in [1.29, 1.82) is 0 Å². The van der Waals surface area contributed by atoms with Gasteiger partial charge in [-0.2, -0.15) is 13.2 Å². The first kappa shape index (κ1) is 15.5. The monoisotopic (exact) mass is 278 g/mol. The highest BCUT2D eigenvalue weighted by molar-refractivity contribution is 5.47. The number of aromatic nitrogens is 2. The molecule has 19 heavy (non-hydrogen) atoms. The Bertz CT molecular complexity index is 411. The highest BCUT2D eigenvalue weighted by Crippen LogP contribution is 2.21. The van der Waals surface area contributed by atoms with E-state index >= 15 is 0 Å². The van der Waals surface area contributed by atoms with Crippen molar-refractivity contribution in [2.24, 2.45) is 0 Å². The zero-order valence-corrected chi connectivity index (χ0v) is 10.6. The molecule has 0 aliphatic carbocycles. The maximum Gasteiger partial charge on any atom is 0.405 e. The number of anilines is 2. The average Bonchev–Trinajstić information content (AvgIpc) is 2.26. The fourth-order valence-corrected chi connectivity index (χ4v) is 1.61. The topological polar surface area (TPSA) is 75.3 Å². The van der Waals surface area contributed by atoms with Crippen molar-refractivity contribution in [1.82, 2.24) is 9.97 Å². The Kier molecular flexibility index (Phi) is 5.34. The molecular weight excluding hydrogens is 261 g/mol. The summed E-state index contributed by atoms with van der Waals surface area (Å²) in [7, 11) is 0. The van der Waals surface area contributed by atoms with Gasteiger partial charge in [0.25, 0.3) is 0 Å². The first-order chi connectivity index (χ1) is 8.85. The fourth-order valence-electron chi connectivity index (χ4n) is 1.61. The number of hydrogen-bond acceptors (Lipinski definition) is 5. The molecule has 1 aromatic heterocycles. The summed E-state index contributed by atoms with van der Waals surface area (Å²) in [5, 5.41) is 8.85. The second kappa shape index (κ2) is 6.55. The van der Waals surface area contributed by atoms with Crippen molar-refractivity contribution in [2.75, 3.05) is 30.3 Å². The fraction of sp³-hybridized carbons (Fsp3) is 0.636. The van der Waals surface area contributed by atoms with Crippen molar-refractivity contribution in [3.8, 4) is 0 Å². The van der Waals surface area contributed by atoms with Crippen LogP contribution in [0.4, 0.5) is 24.8 Å². The zero-order chi connectivity index (χ0) is 14.5. The standard InChI is InChI=1S/C11H17F3N4O/c1-2-3-9-16-8(15)6-10(17-9)18(4-5-19)7-11(12,13)14/h6,19H,2-5,7H2,1H3,(H2,15,16,17). The third kappa shape index (κ3) is 5.29. The van der Waals surface area contributed by atoms with E-state index in [0.717, 1.165) is 11.3 Å². The van der Waals surface area contributed by atoms with E-state index in [1.54, 1.807) is 0 Å². The molecular formula is C11H17F3N4O. The molecule has 5 nitrogen and oxygen atoms in total. The van der Waals surface area contributed by atoms with Crippen LogP contribution in [0.1, 0.15) is 19.2 Å². The van der Waals surface area contributed by atoms with Crippen molar-refractivity contribution in [3.63, 3.8) is 0 Å². The maximum atomic E-state index is 12.5. The number of nitrogens with zero attached hydrogens (tertiary/aromatic N) is 3. The Hall–Kier alpha value is -1.57. The Morgan fingerprint density at radius 3 is 2.58 bits per heavy atom. The molecule has 1 aromatic rings. The molecule has 0 saturated heterocycles. The summed E-state index contributed by atoms with van der Waals surface area (Å²) < 4.78 is 37.4. The minimum atomic E-state index is -4.38. The highest BCUT2D eigenvalue weighted by atomic mass is 19.4. The molecule has 0 radical (unpaired) electrons. The molecule has 1 rings (SSSR count). The zero-order valence-electron chi connectivity index (χ0n) is 10.6. The van der Waals surface area contributed by atoms with Gasteiger partial charge in [-0.15, -0.1) is 0 Å². The Labute approximate surface area is 109 Å². The van der Waals surface area contributed by atoms with E-state index in [1.807, 2.05) is 6.92 Å². The second-order valence-electron chi connectivity index (χ2n) is 4.08. The van der Waals surface area contributed by atoms with Gasteiger partial charge >= 0.3 is 6.18 Å².